The minimum Gasteiger partial charge on any atom is -0.453 e. The number of methoxy groups -OCH3 is 1. The molecule has 0 saturated heterocycles. The monoisotopic (exact) mass is 567 g/mol. The highest BCUT2D eigenvalue weighted by Crippen LogP contribution is 2.38. The van der Waals surface area contributed by atoms with Gasteiger partial charge in [0.2, 0.25) is 16.0 Å². The number of ether oxygens (including phenoxy) is 1. The molecule has 0 aliphatic rings. The first-order chi connectivity index (χ1) is 17.7. The fraction of sp³-hybridized carbons (Fsp3) is 0.417. The van der Waals surface area contributed by atoms with E-state index in [-0.39, 0.29) is 39.7 Å². The third-order valence-corrected chi connectivity index (χ3v) is 6.89. The summed E-state index contributed by atoms with van der Waals surface area (Å²) in [6.07, 6.45) is 0.967. The number of hydrogen-bond acceptors (Lipinski definition) is 8. The number of sulfonamides is 1. The van der Waals surface area contributed by atoms with Crippen LogP contribution in [0.1, 0.15) is 40.4 Å². The van der Waals surface area contributed by atoms with Gasteiger partial charge in [0.25, 0.3) is 0 Å². The Bertz CT molecular complexity index is 1420. The van der Waals surface area contributed by atoms with Crippen molar-refractivity contribution in [2.45, 2.75) is 46.1 Å². The fourth-order valence-corrected chi connectivity index (χ4v) is 4.17. The Morgan fingerprint density at radius 3 is 2.61 bits per heavy atom. The van der Waals surface area contributed by atoms with Crippen LogP contribution in [-0.4, -0.2) is 59.9 Å². The number of nitrogens with one attached hydrogen (secondary N) is 4. The van der Waals surface area contributed by atoms with Gasteiger partial charge in [-0.05, 0) is 32.0 Å². The Morgan fingerprint density at radius 2 is 1.97 bits per heavy atom. The van der Waals surface area contributed by atoms with Gasteiger partial charge < -0.3 is 20.4 Å². The van der Waals surface area contributed by atoms with Gasteiger partial charge in [0, 0.05) is 34.8 Å². The summed E-state index contributed by atoms with van der Waals surface area (Å²) >= 11 is 6.27. The molecular weight excluding hydrogens is 537 g/mol. The third-order valence-electron chi connectivity index (χ3n) is 5.38. The zero-order valence-corrected chi connectivity index (χ0v) is 23.5. The molecule has 3 aromatic rings. The number of anilines is 2. The molecule has 0 aliphatic carbocycles. The number of benzene rings is 1. The van der Waals surface area contributed by atoms with E-state index in [1.807, 2.05) is 20.8 Å². The number of amides is 1. The number of halogens is 2. The minimum atomic E-state index is -3.76. The zero-order valence-electron chi connectivity index (χ0n) is 21.9. The summed E-state index contributed by atoms with van der Waals surface area (Å²) in [5, 5.41) is 5.80. The number of aromatic amines is 1. The van der Waals surface area contributed by atoms with Crippen molar-refractivity contribution in [2.24, 2.45) is 0 Å². The first kappa shape index (κ1) is 29.1. The molecule has 14 heteroatoms. The van der Waals surface area contributed by atoms with E-state index in [0.717, 1.165) is 0 Å². The van der Waals surface area contributed by atoms with Gasteiger partial charge in [0.15, 0.2) is 5.82 Å². The summed E-state index contributed by atoms with van der Waals surface area (Å²) < 4.78 is 46.8. The summed E-state index contributed by atoms with van der Waals surface area (Å²) in [6, 6.07) is 3.94. The molecule has 206 valence electrons. The molecule has 0 bridgehead atoms. The maximum atomic E-state index is 15.7. The molecule has 0 radical (unpaired) electrons. The van der Waals surface area contributed by atoms with Crippen LogP contribution in [0.5, 0.6) is 0 Å². The van der Waals surface area contributed by atoms with Crippen LogP contribution in [0.4, 0.5) is 20.8 Å². The Balaban J connectivity index is 2.07. The number of nitrogens with zero attached hydrogens (tertiary/aromatic N) is 3. The molecule has 0 aliphatic heterocycles. The van der Waals surface area contributed by atoms with Crippen molar-refractivity contribution in [3.05, 3.63) is 41.1 Å². The minimum absolute atomic E-state index is 0.00271. The zero-order chi connectivity index (χ0) is 28.3. The summed E-state index contributed by atoms with van der Waals surface area (Å²) in [4.78, 5) is 28.1. The Hall–Kier alpha value is -3.45. The van der Waals surface area contributed by atoms with Crippen LogP contribution in [0.15, 0.2) is 24.4 Å². The molecule has 3 rings (SSSR count). The van der Waals surface area contributed by atoms with E-state index in [0.29, 0.717) is 23.8 Å². The van der Waals surface area contributed by atoms with Crippen molar-refractivity contribution in [3.8, 4) is 22.6 Å². The number of imidazole rings is 1. The quantitative estimate of drug-likeness (QED) is 0.294. The number of H-pyrrole nitrogens is 1. The summed E-state index contributed by atoms with van der Waals surface area (Å²) in [5.74, 6) is -0.237. The lowest BCUT2D eigenvalue weighted by atomic mass is 9.96. The molecule has 1 aromatic carbocycles. The second kappa shape index (κ2) is 11.5. The Labute approximate surface area is 226 Å². The number of aromatic nitrogens is 4. The van der Waals surface area contributed by atoms with Crippen molar-refractivity contribution in [1.82, 2.24) is 25.3 Å². The largest absolute Gasteiger partial charge is 0.453 e. The molecule has 11 nitrogen and oxygen atoms in total. The van der Waals surface area contributed by atoms with Crippen molar-refractivity contribution >= 4 is 39.4 Å². The number of hydrogen-bond donors (Lipinski definition) is 4. The van der Waals surface area contributed by atoms with E-state index >= 15 is 4.39 Å². The van der Waals surface area contributed by atoms with Gasteiger partial charge >= 0.3 is 6.09 Å². The van der Waals surface area contributed by atoms with Crippen molar-refractivity contribution < 1.29 is 22.3 Å². The van der Waals surface area contributed by atoms with E-state index in [2.05, 4.69) is 40.0 Å². The van der Waals surface area contributed by atoms with Gasteiger partial charge in [0.05, 0.1) is 29.9 Å². The van der Waals surface area contributed by atoms with Gasteiger partial charge in [-0.1, -0.05) is 32.4 Å². The van der Waals surface area contributed by atoms with Gasteiger partial charge in [0.1, 0.15) is 11.5 Å². The molecule has 0 unspecified atom stereocenters. The second-order valence-corrected chi connectivity index (χ2v) is 12.0. The number of rotatable bonds is 9. The molecule has 1 amide bonds. The molecule has 0 fully saturated rings. The van der Waals surface area contributed by atoms with Gasteiger partial charge in [-0.25, -0.2) is 32.6 Å². The molecular formula is C24H31ClFN7O4S. The lowest BCUT2D eigenvalue weighted by Gasteiger charge is -2.14. The fourth-order valence-electron chi connectivity index (χ4n) is 3.32. The van der Waals surface area contributed by atoms with E-state index in [4.69, 9.17) is 11.6 Å². The summed E-state index contributed by atoms with van der Waals surface area (Å²) in [6.45, 7) is 9.36. The SMILES string of the molecule is CCS(=O)(=O)Nc1cc(Cl)cc(-c2nc(C(C)(C)C)[nH]c2-c2ccnc(NC[C@H](C)NC(=O)OC)n2)c1F. The molecule has 0 saturated carbocycles. The number of carbonyl (C=O) groups is 1. The van der Waals surface area contributed by atoms with Gasteiger partial charge in [-0.3, -0.25) is 4.72 Å². The molecule has 2 aromatic heterocycles. The molecule has 2 heterocycles. The van der Waals surface area contributed by atoms with Gasteiger partial charge in [-0.2, -0.15) is 0 Å². The summed E-state index contributed by atoms with van der Waals surface area (Å²) in [5.41, 5.74) is 0.292. The highest BCUT2D eigenvalue weighted by molar-refractivity contribution is 7.92. The van der Waals surface area contributed by atoms with Crippen LogP contribution >= 0.6 is 11.6 Å². The van der Waals surface area contributed by atoms with Gasteiger partial charge in [-0.15, -0.1) is 0 Å². The average Bonchev–Trinajstić information content (AvgIpc) is 3.31. The number of carbonyl (C=O) groups excluding carboxylic acids is 1. The topological polar surface area (TPSA) is 151 Å². The molecule has 4 N–H and O–H groups in total. The third kappa shape index (κ3) is 7.10. The predicted octanol–water partition coefficient (Wildman–Crippen LogP) is 4.54. The maximum Gasteiger partial charge on any atom is 0.407 e. The smallest absolute Gasteiger partial charge is 0.407 e. The van der Waals surface area contributed by atoms with E-state index in [1.165, 1.54) is 32.4 Å². The lowest BCUT2D eigenvalue weighted by molar-refractivity contribution is 0.168. The van der Waals surface area contributed by atoms with E-state index in [1.54, 1.807) is 13.0 Å². The van der Waals surface area contributed by atoms with Crippen LogP contribution in [0.25, 0.3) is 22.6 Å². The van der Waals surface area contributed by atoms with E-state index in [9.17, 15) is 13.2 Å². The van der Waals surface area contributed by atoms with Crippen molar-refractivity contribution in [1.29, 1.82) is 0 Å². The lowest BCUT2D eigenvalue weighted by Crippen LogP contribution is -2.37. The van der Waals surface area contributed by atoms with Crippen molar-refractivity contribution in [2.75, 3.05) is 29.4 Å². The normalized spacial score (nSPS) is 12.6. The average molecular weight is 568 g/mol. The van der Waals surface area contributed by atoms with Crippen molar-refractivity contribution in [3.63, 3.8) is 0 Å². The number of alkyl carbamates (subject to hydrolysis) is 1. The molecule has 1 atom stereocenters. The standard InChI is InChI=1S/C24H31ClFN7O4S/c1-7-38(35,36)33-17-11-14(25)10-15(18(17)26)19-20(32-21(31-19)24(3,4)5)16-8-9-27-22(30-16)28-12-13(2)29-23(34)37-6/h8-11,13,33H,7,12H2,1-6H3,(H,29,34)(H,31,32)(H,27,28,30)/t13-/m0/s1. The Kier molecular flexibility index (Phi) is 8.82. The van der Waals surface area contributed by atoms with Crippen LogP contribution in [0.3, 0.4) is 0 Å². The predicted molar refractivity (Wildman–Crippen MR) is 145 cm³/mol. The van der Waals surface area contributed by atoms with Crippen LogP contribution in [0.2, 0.25) is 5.02 Å². The van der Waals surface area contributed by atoms with Crippen LogP contribution < -0.4 is 15.4 Å². The van der Waals surface area contributed by atoms with Crippen LogP contribution in [-0.2, 0) is 20.2 Å². The molecule has 38 heavy (non-hydrogen) atoms. The van der Waals surface area contributed by atoms with E-state index < -0.39 is 27.3 Å². The second-order valence-electron chi connectivity index (χ2n) is 9.56. The highest BCUT2D eigenvalue weighted by Gasteiger charge is 2.26. The maximum absolute atomic E-state index is 15.7. The van der Waals surface area contributed by atoms with Crippen LogP contribution in [0, 0.1) is 5.82 Å². The first-order valence-corrected chi connectivity index (χ1v) is 13.8. The first-order valence-electron chi connectivity index (χ1n) is 11.8. The molecule has 0 spiro atoms. The highest BCUT2D eigenvalue weighted by atomic mass is 35.5. The summed E-state index contributed by atoms with van der Waals surface area (Å²) in [7, 11) is -2.48. The Morgan fingerprint density at radius 1 is 1.26 bits per heavy atom.